The van der Waals surface area contributed by atoms with Crippen molar-refractivity contribution in [3.05, 3.63) is 29.8 Å². The molecule has 2 aliphatic rings. The van der Waals surface area contributed by atoms with Crippen LogP contribution in [0.15, 0.2) is 24.3 Å². The van der Waals surface area contributed by atoms with E-state index >= 15 is 0 Å². The molecule has 0 bridgehead atoms. The molecule has 1 unspecified atom stereocenters. The molecule has 20 heavy (non-hydrogen) atoms. The Morgan fingerprint density at radius 3 is 2.60 bits per heavy atom. The van der Waals surface area contributed by atoms with E-state index in [-0.39, 0.29) is 11.9 Å². The molecule has 108 valence electrons. The highest BCUT2D eigenvalue weighted by atomic mass is 16.2. The fourth-order valence-electron chi connectivity index (χ4n) is 3.50. The van der Waals surface area contributed by atoms with Crippen molar-refractivity contribution in [2.24, 2.45) is 5.92 Å². The van der Waals surface area contributed by atoms with Gasteiger partial charge in [0.2, 0.25) is 5.91 Å². The number of carbonyl (C=O) groups is 1. The second-order valence-electron chi connectivity index (χ2n) is 6.42. The number of likely N-dealkylation sites (N-methyl/N-ethyl adjacent to an activating group) is 1. The Morgan fingerprint density at radius 2 is 1.90 bits per heavy atom. The summed E-state index contributed by atoms with van der Waals surface area (Å²) in [6.45, 7) is 2.31. The van der Waals surface area contributed by atoms with E-state index < -0.39 is 0 Å². The molecule has 0 saturated heterocycles. The van der Waals surface area contributed by atoms with E-state index in [0.29, 0.717) is 6.04 Å². The molecular weight excluding hydrogens is 248 g/mol. The van der Waals surface area contributed by atoms with Gasteiger partial charge in [0, 0.05) is 25.2 Å². The summed E-state index contributed by atoms with van der Waals surface area (Å²) in [6, 6.07) is 8.59. The molecule has 0 spiro atoms. The smallest absolute Gasteiger partial charge is 0.245 e. The number of amides is 1. The van der Waals surface area contributed by atoms with E-state index in [1.807, 2.05) is 24.1 Å². The van der Waals surface area contributed by atoms with Gasteiger partial charge >= 0.3 is 0 Å². The number of carbonyl (C=O) groups excluding carboxylic acids is 1. The standard InChI is InChI=1S/C17H24N2O/c1-12-7-9-14(10-8-12)19(2)17(20)16-11-13-5-3-4-6-15(13)18-16/h3-6,12,14,16,18H,7-11H2,1-2H3. The van der Waals surface area contributed by atoms with Crippen LogP contribution in [0.3, 0.4) is 0 Å². The third kappa shape index (κ3) is 2.54. The lowest BCUT2D eigenvalue weighted by molar-refractivity contribution is -0.133. The first kappa shape index (κ1) is 13.5. The Hall–Kier alpha value is -1.51. The fraction of sp³-hybridized carbons (Fsp3) is 0.588. The number of nitrogens with one attached hydrogen (secondary N) is 1. The molecular formula is C17H24N2O. The Balaban J connectivity index is 1.63. The van der Waals surface area contributed by atoms with Gasteiger partial charge in [-0.1, -0.05) is 25.1 Å². The molecule has 1 aromatic rings. The molecule has 3 rings (SSSR count). The zero-order valence-corrected chi connectivity index (χ0v) is 12.4. The van der Waals surface area contributed by atoms with Crippen molar-refractivity contribution in [2.75, 3.05) is 12.4 Å². The minimum atomic E-state index is -0.0725. The summed E-state index contributed by atoms with van der Waals surface area (Å²) >= 11 is 0. The maximum atomic E-state index is 12.7. The zero-order chi connectivity index (χ0) is 14.1. The SMILES string of the molecule is CC1CCC(N(C)C(=O)C2Cc3ccccc3N2)CC1. The highest BCUT2D eigenvalue weighted by Gasteiger charge is 2.32. The van der Waals surface area contributed by atoms with E-state index in [1.165, 1.54) is 18.4 Å². The maximum absolute atomic E-state index is 12.7. The van der Waals surface area contributed by atoms with Crippen LogP contribution in [-0.2, 0) is 11.2 Å². The lowest BCUT2D eigenvalue weighted by atomic mass is 9.86. The average molecular weight is 272 g/mol. The third-order valence-corrected chi connectivity index (χ3v) is 4.95. The summed E-state index contributed by atoms with van der Waals surface area (Å²) in [7, 11) is 1.98. The number of anilines is 1. The predicted octanol–water partition coefficient (Wildman–Crippen LogP) is 3.06. The molecule has 0 aromatic heterocycles. The van der Waals surface area contributed by atoms with Crippen molar-refractivity contribution in [2.45, 2.75) is 51.1 Å². The van der Waals surface area contributed by atoms with Crippen molar-refractivity contribution >= 4 is 11.6 Å². The molecule has 1 atom stereocenters. The van der Waals surface area contributed by atoms with Gasteiger partial charge in [-0.25, -0.2) is 0 Å². The minimum Gasteiger partial charge on any atom is -0.373 e. The molecule has 1 aromatic carbocycles. The maximum Gasteiger partial charge on any atom is 0.245 e. The highest BCUT2D eigenvalue weighted by Crippen LogP contribution is 2.29. The van der Waals surface area contributed by atoms with Crippen LogP contribution < -0.4 is 5.32 Å². The number of hydrogen-bond donors (Lipinski definition) is 1. The summed E-state index contributed by atoms with van der Waals surface area (Å²) < 4.78 is 0. The van der Waals surface area contributed by atoms with Crippen LogP contribution >= 0.6 is 0 Å². The molecule has 1 saturated carbocycles. The van der Waals surface area contributed by atoms with Crippen LogP contribution in [0.25, 0.3) is 0 Å². The molecule has 1 amide bonds. The molecule has 3 heteroatoms. The number of rotatable bonds is 2. The van der Waals surface area contributed by atoms with Crippen LogP contribution in [0.2, 0.25) is 0 Å². The molecule has 3 nitrogen and oxygen atoms in total. The number of para-hydroxylation sites is 1. The number of nitrogens with zero attached hydrogens (tertiary/aromatic N) is 1. The van der Waals surface area contributed by atoms with Gasteiger partial charge in [0.25, 0.3) is 0 Å². The van der Waals surface area contributed by atoms with Crippen molar-refractivity contribution in [3.8, 4) is 0 Å². The van der Waals surface area contributed by atoms with Gasteiger partial charge in [-0.3, -0.25) is 4.79 Å². The Labute approximate surface area is 121 Å². The van der Waals surface area contributed by atoms with Crippen LogP contribution in [0.1, 0.15) is 38.2 Å². The van der Waals surface area contributed by atoms with Crippen molar-refractivity contribution < 1.29 is 4.79 Å². The summed E-state index contributed by atoms with van der Waals surface area (Å²) in [4.78, 5) is 14.7. The molecule has 1 fully saturated rings. The Bertz CT molecular complexity index is 467. The van der Waals surface area contributed by atoms with Crippen molar-refractivity contribution in [1.82, 2.24) is 4.90 Å². The first-order valence-electron chi connectivity index (χ1n) is 7.76. The van der Waals surface area contributed by atoms with Crippen molar-refractivity contribution in [1.29, 1.82) is 0 Å². The first-order chi connectivity index (χ1) is 9.65. The van der Waals surface area contributed by atoms with E-state index in [2.05, 4.69) is 24.4 Å². The largest absolute Gasteiger partial charge is 0.373 e. The van der Waals surface area contributed by atoms with Gasteiger partial charge in [-0.15, -0.1) is 0 Å². The number of hydrogen-bond acceptors (Lipinski definition) is 2. The fourth-order valence-corrected chi connectivity index (χ4v) is 3.50. The lowest BCUT2D eigenvalue weighted by Gasteiger charge is -2.35. The first-order valence-corrected chi connectivity index (χ1v) is 7.76. The van der Waals surface area contributed by atoms with Gasteiger partial charge < -0.3 is 10.2 Å². The summed E-state index contributed by atoms with van der Waals surface area (Å²) in [5, 5.41) is 3.37. The second-order valence-corrected chi connectivity index (χ2v) is 6.42. The summed E-state index contributed by atoms with van der Waals surface area (Å²) in [6.07, 6.45) is 5.63. The Morgan fingerprint density at radius 1 is 1.20 bits per heavy atom. The van der Waals surface area contributed by atoms with Gasteiger partial charge in [0.05, 0.1) is 0 Å². The average Bonchev–Trinajstić information content (AvgIpc) is 2.90. The predicted molar refractivity (Wildman–Crippen MR) is 81.7 cm³/mol. The van der Waals surface area contributed by atoms with Crippen LogP contribution in [0.4, 0.5) is 5.69 Å². The molecule has 1 aliphatic heterocycles. The number of benzene rings is 1. The normalized spacial score (nSPS) is 28.6. The highest BCUT2D eigenvalue weighted by molar-refractivity contribution is 5.87. The second kappa shape index (κ2) is 5.47. The topological polar surface area (TPSA) is 32.3 Å². The van der Waals surface area contributed by atoms with E-state index in [4.69, 9.17) is 0 Å². The molecule has 1 heterocycles. The monoisotopic (exact) mass is 272 g/mol. The Kier molecular flexibility index (Phi) is 3.68. The van der Waals surface area contributed by atoms with Crippen LogP contribution in [-0.4, -0.2) is 29.9 Å². The van der Waals surface area contributed by atoms with Gasteiger partial charge in [-0.2, -0.15) is 0 Å². The van der Waals surface area contributed by atoms with Gasteiger partial charge in [-0.05, 0) is 43.2 Å². The molecule has 1 N–H and O–H groups in total. The number of fused-ring (bicyclic) bond motifs is 1. The third-order valence-electron chi connectivity index (χ3n) is 4.95. The zero-order valence-electron chi connectivity index (χ0n) is 12.4. The lowest BCUT2D eigenvalue weighted by Crippen LogP contribution is -2.46. The van der Waals surface area contributed by atoms with Gasteiger partial charge in [0.15, 0.2) is 0 Å². The van der Waals surface area contributed by atoms with E-state index in [0.717, 1.165) is 30.9 Å². The molecule has 0 radical (unpaired) electrons. The van der Waals surface area contributed by atoms with E-state index in [9.17, 15) is 4.79 Å². The molecule has 1 aliphatic carbocycles. The van der Waals surface area contributed by atoms with Crippen LogP contribution in [0.5, 0.6) is 0 Å². The quantitative estimate of drug-likeness (QED) is 0.897. The van der Waals surface area contributed by atoms with Gasteiger partial charge in [0.1, 0.15) is 6.04 Å². The minimum absolute atomic E-state index is 0.0725. The van der Waals surface area contributed by atoms with Crippen molar-refractivity contribution in [3.63, 3.8) is 0 Å². The van der Waals surface area contributed by atoms with E-state index in [1.54, 1.807) is 0 Å². The van der Waals surface area contributed by atoms with Crippen LogP contribution in [0, 0.1) is 5.92 Å². The summed E-state index contributed by atoms with van der Waals surface area (Å²) in [5.74, 6) is 1.07. The summed E-state index contributed by atoms with van der Waals surface area (Å²) in [5.41, 5.74) is 2.38.